The molecule has 0 N–H and O–H groups in total. The fourth-order valence-corrected chi connectivity index (χ4v) is 12.7. The van der Waals surface area contributed by atoms with E-state index in [1.807, 2.05) is 0 Å². The van der Waals surface area contributed by atoms with Crippen molar-refractivity contribution in [2.45, 2.75) is 57.8 Å². The Balaban J connectivity index is 1.18. The Morgan fingerprint density at radius 2 is 1.32 bits per heavy atom. The summed E-state index contributed by atoms with van der Waals surface area (Å²) in [7, 11) is 0. The van der Waals surface area contributed by atoms with Crippen LogP contribution in [0.2, 0.25) is 0 Å². The van der Waals surface area contributed by atoms with Crippen LogP contribution in [-0.4, -0.2) is 0 Å². The van der Waals surface area contributed by atoms with Crippen molar-refractivity contribution in [3.8, 4) is 0 Å². The molecule has 0 aromatic heterocycles. The van der Waals surface area contributed by atoms with Gasteiger partial charge in [0.25, 0.3) is 0 Å². The van der Waals surface area contributed by atoms with E-state index >= 15 is 0 Å². The first-order valence-electron chi connectivity index (χ1n) is 12.1. The summed E-state index contributed by atoms with van der Waals surface area (Å²) in [5.41, 5.74) is 4.33. The summed E-state index contributed by atoms with van der Waals surface area (Å²) < 4.78 is 0. The Morgan fingerprint density at radius 3 is 2.28 bits per heavy atom. The van der Waals surface area contributed by atoms with E-state index in [2.05, 4.69) is 11.1 Å². The highest BCUT2D eigenvalue weighted by atomic mass is 14.8. The highest BCUT2D eigenvalue weighted by molar-refractivity contribution is 5.44. The van der Waals surface area contributed by atoms with Gasteiger partial charge in [-0.2, -0.15) is 0 Å². The second kappa shape index (κ2) is 3.81. The molecule has 0 saturated heterocycles. The third kappa shape index (κ3) is 1.17. The van der Waals surface area contributed by atoms with Gasteiger partial charge in [-0.25, -0.2) is 0 Å². The number of hydrogen-bond donors (Lipinski definition) is 0. The molecule has 8 bridgehead atoms. The second-order valence-electron chi connectivity index (χ2n) is 12.4. The van der Waals surface area contributed by atoms with Crippen molar-refractivity contribution in [3.05, 3.63) is 11.1 Å². The van der Waals surface area contributed by atoms with Gasteiger partial charge >= 0.3 is 0 Å². The predicted octanol–water partition coefficient (Wildman–Crippen LogP) is 5.54. The maximum Gasteiger partial charge on any atom is -0.0132 e. The Bertz CT molecular complexity index is 730. The molecule has 8 fully saturated rings. The van der Waals surface area contributed by atoms with Crippen LogP contribution in [0.1, 0.15) is 57.8 Å². The summed E-state index contributed by atoms with van der Waals surface area (Å²) in [5, 5.41) is 0. The standard InChI is InChI=1S/C25H32/c1-2-11-5-10(1)14-7-15-16-8-19(23(15)20(11)14)25-18-9-17(24(16)25)21-12-3-4-13(6-12)22(18)21/h10-17,19-24H,1-9H2. The molecule has 0 nitrogen and oxygen atoms in total. The van der Waals surface area contributed by atoms with E-state index in [1.54, 1.807) is 57.8 Å². The number of rotatable bonds is 0. The lowest BCUT2D eigenvalue weighted by atomic mass is 9.60. The Hall–Kier alpha value is -0.260. The molecule has 0 heteroatoms. The van der Waals surface area contributed by atoms with E-state index in [0.717, 1.165) is 23.7 Å². The number of fused-ring (bicyclic) bond motifs is 24. The van der Waals surface area contributed by atoms with Gasteiger partial charge in [0, 0.05) is 0 Å². The van der Waals surface area contributed by atoms with Gasteiger partial charge in [-0.05, 0) is 141 Å². The Labute approximate surface area is 152 Å². The average Bonchev–Trinajstić information content (AvgIpc) is 3.48. The van der Waals surface area contributed by atoms with Crippen molar-refractivity contribution in [1.29, 1.82) is 0 Å². The second-order valence-corrected chi connectivity index (χ2v) is 12.4. The van der Waals surface area contributed by atoms with Crippen molar-refractivity contribution in [3.63, 3.8) is 0 Å². The van der Waals surface area contributed by atoms with Crippen LogP contribution in [0, 0.1) is 82.9 Å². The molecule has 132 valence electrons. The quantitative estimate of drug-likeness (QED) is 0.403. The van der Waals surface area contributed by atoms with E-state index in [4.69, 9.17) is 0 Å². The third-order valence-electron chi connectivity index (χ3n) is 12.6. The molecule has 9 rings (SSSR count). The molecule has 0 spiro atoms. The van der Waals surface area contributed by atoms with E-state index in [9.17, 15) is 0 Å². The van der Waals surface area contributed by atoms with Crippen molar-refractivity contribution in [1.82, 2.24) is 0 Å². The maximum absolute atomic E-state index is 2.19. The SMILES string of the molecule is C1CC2CC1C1CC3C4CC(C5=C6CC(C54)C4C5CCC(C5)C64)C3C21. The highest BCUT2D eigenvalue weighted by Gasteiger charge is 2.72. The Morgan fingerprint density at radius 1 is 0.520 bits per heavy atom. The van der Waals surface area contributed by atoms with Crippen LogP contribution in [0.4, 0.5) is 0 Å². The van der Waals surface area contributed by atoms with Gasteiger partial charge < -0.3 is 0 Å². The van der Waals surface area contributed by atoms with Crippen LogP contribution >= 0.6 is 0 Å². The van der Waals surface area contributed by atoms with Crippen LogP contribution in [0.5, 0.6) is 0 Å². The monoisotopic (exact) mass is 332 g/mol. The summed E-state index contributed by atoms with van der Waals surface area (Å²) >= 11 is 0. The summed E-state index contributed by atoms with van der Waals surface area (Å²) in [4.78, 5) is 0. The molecule has 14 atom stereocenters. The van der Waals surface area contributed by atoms with Gasteiger partial charge in [0.15, 0.2) is 0 Å². The molecule has 0 amide bonds. The molecule has 8 saturated carbocycles. The van der Waals surface area contributed by atoms with Crippen molar-refractivity contribution in [2.75, 3.05) is 0 Å². The number of allylic oxidation sites excluding steroid dienone is 2. The lowest BCUT2D eigenvalue weighted by Crippen LogP contribution is -2.39. The summed E-state index contributed by atoms with van der Waals surface area (Å²) in [5.74, 6) is 16.4. The molecular formula is C25H32. The first kappa shape index (κ1) is 13.0. The normalized spacial score (nSPS) is 72.0. The van der Waals surface area contributed by atoms with Crippen molar-refractivity contribution < 1.29 is 0 Å². The van der Waals surface area contributed by atoms with Gasteiger partial charge in [-0.3, -0.25) is 0 Å². The molecule has 14 unspecified atom stereocenters. The molecule has 0 aromatic carbocycles. The number of hydrogen-bond acceptors (Lipinski definition) is 0. The minimum absolute atomic E-state index is 1.12. The summed E-state index contributed by atoms with van der Waals surface area (Å²) in [6, 6.07) is 0. The summed E-state index contributed by atoms with van der Waals surface area (Å²) in [6.45, 7) is 0. The third-order valence-corrected chi connectivity index (χ3v) is 12.6. The fourth-order valence-electron chi connectivity index (χ4n) is 12.7. The van der Waals surface area contributed by atoms with Gasteiger partial charge in [-0.1, -0.05) is 11.1 Å². The minimum Gasteiger partial charge on any atom is -0.0664 e. The van der Waals surface area contributed by atoms with E-state index < -0.39 is 0 Å². The van der Waals surface area contributed by atoms with Crippen LogP contribution in [0.25, 0.3) is 0 Å². The van der Waals surface area contributed by atoms with Gasteiger partial charge in [0.2, 0.25) is 0 Å². The summed E-state index contributed by atoms with van der Waals surface area (Å²) in [6.07, 6.45) is 14.7. The van der Waals surface area contributed by atoms with Crippen LogP contribution in [0.3, 0.4) is 0 Å². The molecule has 0 radical (unpaired) electrons. The van der Waals surface area contributed by atoms with Crippen LogP contribution in [-0.2, 0) is 0 Å². The minimum atomic E-state index is 1.12. The lowest BCUT2D eigenvalue weighted by Gasteiger charge is -2.44. The Kier molecular flexibility index (Phi) is 1.98. The largest absolute Gasteiger partial charge is 0.0664 e. The zero-order valence-corrected chi connectivity index (χ0v) is 15.4. The molecule has 25 heavy (non-hydrogen) atoms. The predicted molar refractivity (Wildman–Crippen MR) is 97.4 cm³/mol. The average molecular weight is 333 g/mol. The smallest absolute Gasteiger partial charge is 0.0132 e. The van der Waals surface area contributed by atoms with E-state index in [1.165, 1.54) is 59.2 Å². The molecule has 9 aliphatic carbocycles. The molecule has 9 aliphatic rings. The van der Waals surface area contributed by atoms with E-state index in [0.29, 0.717) is 0 Å². The fraction of sp³-hybridized carbons (Fsp3) is 0.920. The maximum atomic E-state index is 2.19. The van der Waals surface area contributed by atoms with E-state index in [-0.39, 0.29) is 0 Å². The lowest BCUT2D eigenvalue weighted by molar-refractivity contribution is 0.100. The van der Waals surface area contributed by atoms with Crippen molar-refractivity contribution >= 4 is 0 Å². The van der Waals surface area contributed by atoms with Gasteiger partial charge in [0.1, 0.15) is 0 Å². The molecule has 0 aliphatic heterocycles. The molecule has 0 aromatic rings. The topological polar surface area (TPSA) is 0 Å². The zero-order valence-electron chi connectivity index (χ0n) is 15.4. The van der Waals surface area contributed by atoms with Crippen molar-refractivity contribution in [2.24, 2.45) is 82.9 Å². The van der Waals surface area contributed by atoms with Gasteiger partial charge in [0.05, 0.1) is 0 Å². The molecular weight excluding hydrogens is 300 g/mol. The zero-order chi connectivity index (χ0) is 15.6. The van der Waals surface area contributed by atoms with Gasteiger partial charge in [-0.15, -0.1) is 0 Å². The van der Waals surface area contributed by atoms with Crippen LogP contribution in [0.15, 0.2) is 11.1 Å². The first-order chi connectivity index (χ1) is 12.4. The molecule has 0 heterocycles. The van der Waals surface area contributed by atoms with Crippen LogP contribution < -0.4 is 0 Å². The highest BCUT2D eigenvalue weighted by Crippen LogP contribution is 2.79. The first-order valence-corrected chi connectivity index (χ1v) is 12.1.